The lowest BCUT2D eigenvalue weighted by atomic mass is 10.0. The van der Waals surface area contributed by atoms with Crippen LogP contribution in [0.1, 0.15) is 22.7 Å². The van der Waals surface area contributed by atoms with E-state index in [1.165, 1.54) is 11.1 Å². The second-order valence-corrected chi connectivity index (χ2v) is 5.59. The number of aryl methyl sites for hydroxylation is 1. The normalized spacial score (nSPS) is 12.3. The van der Waals surface area contributed by atoms with Gasteiger partial charge in [-0.15, -0.1) is 0 Å². The van der Waals surface area contributed by atoms with Crippen LogP contribution >= 0.6 is 12.2 Å². The predicted molar refractivity (Wildman–Crippen MR) is 88.6 cm³/mol. The van der Waals surface area contributed by atoms with Gasteiger partial charge in [0.2, 0.25) is 0 Å². The van der Waals surface area contributed by atoms with Gasteiger partial charge in [-0.1, -0.05) is 72.4 Å². The van der Waals surface area contributed by atoms with E-state index in [9.17, 15) is 0 Å². The molecule has 0 amide bonds. The first-order valence-corrected chi connectivity index (χ1v) is 7.09. The van der Waals surface area contributed by atoms with Crippen LogP contribution in [-0.4, -0.2) is 16.9 Å². The fraction of sp³-hybridized carbons (Fsp3) is 0.235. The molecule has 0 spiro atoms. The molecule has 0 bridgehead atoms. The van der Waals surface area contributed by atoms with Crippen molar-refractivity contribution in [1.82, 2.24) is 4.90 Å². The van der Waals surface area contributed by atoms with E-state index in [1.54, 1.807) is 0 Å². The summed E-state index contributed by atoms with van der Waals surface area (Å²) in [5, 5.41) is 0. The lowest BCUT2D eigenvalue weighted by Gasteiger charge is -2.28. The summed E-state index contributed by atoms with van der Waals surface area (Å²) in [5.41, 5.74) is 9.59. The SMILES string of the molecule is Cc1cccc(C(C(N)=S)N(C)Cc2ccccc2)c1. The fourth-order valence-corrected chi connectivity index (χ4v) is 2.75. The second kappa shape index (κ2) is 6.64. The first kappa shape index (κ1) is 14.7. The third-order valence-electron chi connectivity index (χ3n) is 3.34. The number of rotatable bonds is 5. The molecule has 1 unspecified atom stereocenters. The largest absolute Gasteiger partial charge is 0.392 e. The monoisotopic (exact) mass is 284 g/mol. The minimum Gasteiger partial charge on any atom is -0.392 e. The van der Waals surface area contributed by atoms with Crippen molar-refractivity contribution in [3.63, 3.8) is 0 Å². The molecule has 2 N–H and O–H groups in total. The van der Waals surface area contributed by atoms with Crippen molar-refractivity contribution in [1.29, 1.82) is 0 Å². The fourth-order valence-electron chi connectivity index (χ4n) is 2.44. The van der Waals surface area contributed by atoms with Gasteiger partial charge in [0.25, 0.3) is 0 Å². The van der Waals surface area contributed by atoms with E-state index in [-0.39, 0.29) is 6.04 Å². The molecule has 20 heavy (non-hydrogen) atoms. The minimum atomic E-state index is -0.0369. The summed E-state index contributed by atoms with van der Waals surface area (Å²) in [6.07, 6.45) is 0. The summed E-state index contributed by atoms with van der Waals surface area (Å²) in [6, 6.07) is 18.7. The Kier molecular flexibility index (Phi) is 4.88. The number of hydrogen-bond donors (Lipinski definition) is 1. The first-order chi connectivity index (χ1) is 9.58. The molecular formula is C17H20N2S. The Morgan fingerprint density at radius 3 is 2.45 bits per heavy atom. The Balaban J connectivity index is 2.23. The highest BCUT2D eigenvalue weighted by Crippen LogP contribution is 2.22. The summed E-state index contributed by atoms with van der Waals surface area (Å²) in [6.45, 7) is 2.90. The van der Waals surface area contributed by atoms with E-state index in [1.807, 2.05) is 24.3 Å². The molecule has 0 fully saturated rings. The number of thiocarbonyl (C=S) groups is 1. The van der Waals surface area contributed by atoms with E-state index in [0.717, 1.165) is 12.1 Å². The third-order valence-corrected chi connectivity index (χ3v) is 3.57. The van der Waals surface area contributed by atoms with E-state index in [4.69, 9.17) is 18.0 Å². The van der Waals surface area contributed by atoms with Crippen molar-refractivity contribution in [2.45, 2.75) is 19.5 Å². The van der Waals surface area contributed by atoms with E-state index in [0.29, 0.717) is 4.99 Å². The summed E-state index contributed by atoms with van der Waals surface area (Å²) in [4.78, 5) is 2.70. The van der Waals surface area contributed by atoms with Crippen molar-refractivity contribution >= 4 is 17.2 Å². The Labute approximate surface area is 126 Å². The maximum atomic E-state index is 5.96. The van der Waals surface area contributed by atoms with Crippen LogP contribution in [0.4, 0.5) is 0 Å². The third kappa shape index (κ3) is 3.65. The van der Waals surface area contributed by atoms with Crippen molar-refractivity contribution in [3.05, 3.63) is 71.3 Å². The average molecular weight is 284 g/mol. The molecule has 3 heteroatoms. The van der Waals surface area contributed by atoms with Crippen molar-refractivity contribution in [2.24, 2.45) is 5.73 Å². The van der Waals surface area contributed by atoms with Crippen molar-refractivity contribution < 1.29 is 0 Å². The molecule has 2 aromatic carbocycles. The van der Waals surface area contributed by atoms with Gasteiger partial charge >= 0.3 is 0 Å². The number of nitrogens with two attached hydrogens (primary N) is 1. The van der Waals surface area contributed by atoms with Gasteiger partial charge in [-0.3, -0.25) is 4.90 Å². The Morgan fingerprint density at radius 2 is 1.85 bits per heavy atom. The summed E-state index contributed by atoms with van der Waals surface area (Å²) >= 11 is 5.27. The van der Waals surface area contributed by atoms with E-state index < -0.39 is 0 Å². The van der Waals surface area contributed by atoms with Crippen LogP contribution in [0.2, 0.25) is 0 Å². The van der Waals surface area contributed by atoms with Gasteiger partial charge < -0.3 is 5.73 Å². The van der Waals surface area contributed by atoms with Gasteiger partial charge in [0.05, 0.1) is 11.0 Å². The first-order valence-electron chi connectivity index (χ1n) is 6.68. The van der Waals surface area contributed by atoms with Crippen LogP contribution in [0.15, 0.2) is 54.6 Å². The predicted octanol–water partition coefficient (Wildman–Crippen LogP) is 3.45. The van der Waals surface area contributed by atoms with Crippen LogP contribution in [0.5, 0.6) is 0 Å². The van der Waals surface area contributed by atoms with Gasteiger partial charge in [-0.05, 0) is 25.1 Å². The average Bonchev–Trinajstić information content (AvgIpc) is 2.39. The number of nitrogens with zero attached hydrogens (tertiary/aromatic N) is 1. The number of hydrogen-bond acceptors (Lipinski definition) is 2. The van der Waals surface area contributed by atoms with Gasteiger partial charge in [0, 0.05) is 6.54 Å². The van der Waals surface area contributed by atoms with Gasteiger partial charge in [-0.2, -0.15) is 0 Å². The summed E-state index contributed by atoms with van der Waals surface area (Å²) < 4.78 is 0. The zero-order valence-corrected chi connectivity index (χ0v) is 12.7. The molecule has 1 atom stereocenters. The number of likely N-dealkylation sites (N-methyl/N-ethyl adjacent to an activating group) is 1. The van der Waals surface area contributed by atoms with Gasteiger partial charge in [-0.25, -0.2) is 0 Å². The molecular weight excluding hydrogens is 264 g/mol. The van der Waals surface area contributed by atoms with Crippen molar-refractivity contribution in [3.8, 4) is 0 Å². The standard InChI is InChI=1S/C17H20N2S/c1-13-7-6-10-15(11-13)16(17(18)20)19(2)12-14-8-4-3-5-9-14/h3-11,16H,12H2,1-2H3,(H2,18,20). The lowest BCUT2D eigenvalue weighted by Crippen LogP contribution is -2.33. The molecule has 0 aliphatic carbocycles. The Hall–Kier alpha value is -1.71. The Bertz CT molecular complexity index is 581. The van der Waals surface area contributed by atoms with Gasteiger partial charge in [0.15, 0.2) is 0 Å². The number of benzene rings is 2. The molecule has 0 aliphatic rings. The topological polar surface area (TPSA) is 29.3 Å². The minimum absolute atomic E-state index is 0.0369. The van der Waals surface area contributed by atoms with Crippen LogP contribution in [0, 0.1) is 6.92 Å². The maximum Gasteiger partial charge on any atom is 0.0948 e. The zero-order chi connectivity index (χ0) is 14.5. The quantitative estimate of drug-likeness (QED) is 0.853. The highest BCUT2D eigenvalue weighted by atomic mass is 32.1. The molecule has 0 radical (unpaired) electrons. The summed E-state index contributed by atoms with van der Waals surface area (Å²) in [7, 11) is 2.05. The van der Waals surface area contributed by atoms with Crippen LogP contribution < -0.4 is 5.73 Å². The lowest BCUT2D eigenvalue weighted by molar-refractivity contribution is 0.293. The van der Waals surface area contributed by atoms with Crippen LogP contribution in [-0.2, 0) is 6.54 Å². The highest BCUT2D eigenvalue weighted by molar-refractivity contribution is 7.80. The highest BCUT2D eigenvalue weighted by Gasteiger charge is 2.20. The molecule has 2 rings (SSSR count). The summed E-state index contributed by atoms with van der Waals surface area (Å²) in [5.74, 6) is 0. The molecule has 0 aliphatic heterocycles. The molecule has 0 aromatic heterocycles. The molecule has 104 valence electrons. The van der Waals surface area contributed by atoms with E-state index in [2.05, 4.69) is 49.2 Å². The van der Waals surface area contributed by atoms with Crippen LogP contribution in [0.25, 0.3) is 0 Å². The molecule has 0 saturated carbocycles. The molecule has 2 nitrogen and oxygen atoms in total. The van der Waals surface area contributed by atoms with Gasteiger partial charge in [0.1, 0.15) is 0 Å². The maximum absolute atomic E-state index is 5.96. The Morgan fingerprint density at radius 1 is 1.15 bits per heavy atom. The smallest absolute Gasteiger partial charge is 0.0948 e. The second-order valence-electron chi connectivity index (χ2n) is 5.12. The molecule has 0 saturated heterocycles. The molecule has 0 heterocycles. The van der Waals surface area contributed by atoms with Crippen molar-refractivity contribution in [2.75, 3.05) is 7.05 Å². The van der Waals surface area contributed by atoms with Crippen LogP contribution in [0.3, 0.4) is 0 Å². The van der Waals surface area contributed by atoms with E-state index >= 15 is 0 Å². The molecule has 2 aromatic rings. The zero-order valence-electron chi connectivity index (χ0n) is 11.9.